The third-order valence-corrected chi connectivity index (χ3v) is 7.32. The van der Waals surface area contributed by atoms with Crippen LogP contribution in [0.3, 0.4) is 0 Å². The van der Waals surface area contributed by atoms with Gasteiger partial charge in [0.2, 0.25) is 10.0 Å². The van der Waals surface area contributed by atoms with Crippen molar-refractivity contribution in [2.75, 3.05) is 20.3 Å². The molecule has 0 fully saturated rings. The Hall–Kier alpha value is -4.20. The summed E-state index contributed by atoms with van der Waals surface area (Å²) in [5.41, 5.74) is -0.738. The number of para-hydroxylation sites is 2. The third kappa shape index (κ3) is 5.05. The van der Waals surface area contributed by atoms with Crippen LogP contribution in [-0.4, -0.2) is 63.1 Å². The zero-order valence-electron chi connectivity index (χ0n) is 19.5. The molecule has 4 rings (SSSR count). The summed E-state index contributed by atoms with van der Waals surface area (Å²) in [7, 11) is -3.08. The number of halogens is 1. The van der Waals surface area contributed by atoms with E-state index in [2.05, 4.69) is 10.2 Å². The second kappa shape index (κ2) is 10.4. The fraction of sp³-hybridized carbons (Fsp3) is 0.167. The summed E-state index contributed by atoms with van der Waals surface area (Å²) in [6.45, 7) is -0.358. The van der Waals surface area contributed by atoms with E-state index in [0.717, 1.165) is 27.1 Å². The number of hydrogen-bond donors (Lipinski definition) is 4. The first-order chi connectivity index (χ1) is 17.6. The molecule has 3 aromatic carbocycles. The van der Waals surface area contributed by atoms with Crippen LogP contribution < -0.4 is 10.4 Å². The van der Waals surface area contributed by atoms with Gasteiger partial charge in [0, 0.05) is 25.2 Å². The van der Waals surface area contributed by atoms with Crippen LogP contribution in [0.2, 0.25) is 0 Å². The predicted molar refractivity (Wildman–Crippen MR) is 131 cm³/mol. The van der Waals surface area contributed by atoms with Crippen LogP contribution in [0.25, 0.3) is 17.1 Å². The zero-order chi connectivity index (χ0) is 26.7. The molecule has 1 heterocycles. The summed E-state index contributed by atoms with van der Waals surface area (Å²) >= 11 is 0. The number of phenols is 2. The van der Waals surface area contributed by atoms with Crippen molar-refractivity contribution in [2.45, 2.75) is 11.4 Å². The Morgan fingerprint density at radius 2 is 1.78 bits per heavy atom. The van der Waals surface area contributed by atoms with Crippen molar-refractivity contribution >= 4 is 10.0 Å². The lowest BCUT2D eigenvalue weighted by Crippen LogP contribution is -2.27. The van der Waals surface area contributed by atoms with Crippen LogP contribution in [0.1, 0.15) is 5.56 Å². The molecule has 0 atom stereocenters. The molecule has 0 radical (unpaired) electrons. The largest absolute Gasteiger partial charge is 0.507 e. The molecule has 194 valence electrons. The number of aromatic amines is 1. The number of nitrogens with zero attached hydrogens (tertiary/aromatic N) is 3. The molecule has 0 amide bonds. The van der Waals surface area contributed by atoms with Crippen molar-refractivity contribution in [2.24, 2.45) is 0 Å². The first kappa shape index (κ1) is 25.9. The van der Waals surface area contributed by atoms with Crippen molar-refractivity contribution in [3.63, 3.8) is 0 Å². The Morgan fingerprint density at radius 1 is 1.08 bits per heavy atom. The van der Waals surface area contributed by atoms with E-state index in [1.54, 1.807) is 24.3 Å². The second-order valence-electron chi connectivity index (χ2n) is 7.92. The van der Waals surface area contributed by atoms with E-state index in [9.17, 15) is 27.8 Å². The van der Waals surface area contributed by atoms with Gasteiger partial charge < -0.3 is 20.1 Å². The average molecular weight is 531 g/mol. The van der Waals surface area contributed by atoms with Crippen molar-refractivity contribution in [1.82, 2.24) is 19.1 Å². The number of sulfonamides is 1. The topological polar surface area (TPSA) is 158 Å². The number of aliphatic hydroxyl groups is 1. The lowest BCUT2D eigenvalue weighted by molar-refractivity contribution is 0.199. The van der Waals surface area contributed by atoms with Crippen molar-refractivity contribution in [3.05, 3.63) is 82.5 Å². The molecule has 0 unspecified atom stereocenters. The molecule has 11 nitrogen and oxygen atoms in total. The second-order valence-corrected chi connectivity index (χ2v) is 9.93. The summed E-state index contributed by atoms with van der Waals surface area (Å²) in [5, 5.41) is 36.0. The minimum absolute atomic E-state index is 0.0168. The van der Waals surface area contributed by atoms with Gasteiger partial charge in [-0.25, -0.2) is 27.3 Å². The highest BCUT2D eigenvalue weighted by Crippen LogP contribution is 2.38. The molecule has 1 aromatic heterocycles. The number of aromatic hydroxyl groups is 2. The van der Waals surface area contributed by atoms with E-state index in [1.807, 2.05) is 0 Å². The van der Waals surface area contributed by atoms with E-state index in [0.29, 0.717) is 11.3 Å². The number of nitrogens with one attached hydrogen (secondary N) is 1. The normalized spacial score (nSPS) is 11.7. The minimum atomic E-state index is -4.36. The van der Waals surface area contributed by atoms with Gasteiger partial charge in [0.05, 0.1) is 17.9 Å². The van der Waals surface area contributed by atoms with Gasteiger partial charge in [-0.3, -0.25) is 0 Å². The van der Waals surface area contributed by atoms with E-state index in [1.165, 1.54) is 25.2 Å². The van der Waals surface area contributed by atoms with E-state index in [-0.39, 0.29) is 36.8 Å². The van der Waals surface area contributed by atoms with Crippen LogP contribution in [0.4, 0.5) is 4.39 Å². The molecule has 0 bridgehead atoms. The van der Waals surface area contributed by atoms with Crippen LogP contribution in [0.15, 0.2) is 70.4 Å². The quantitative estimate of drug-likeness (QED) is 0.256. The zero-order valence-corrected chi connectivity index (χ0v) is 20.3. The molecule has 4 N–H and O–H groups in total. The van der Waals surface area contributed by atoms with Gasteiger partial charge in [0.15, 0.2) is 5.82 Å². The van der Waals surface area contributed by atoms with Crippen LogP contribution in [-0.2, 0) is 16.6 Å². The molecule has 0 saturated carbocycles. The summed E-state index contributed by atoms with van der Waals surface area (Å²) in [6.07, 6.45) is 0. The molecular formula is C24H23FN4O7S. The number of phenolic OH excluding ortho intramolecular Hbond substituents is 2. The summed E-state index contributed by atoms with van der Waals surface area (Å²) in [4.78, 5) is 11.9. The first-order valence-corrected chi connectivity index (χ1v) is 12.4. The van der Waals surface area contributed by atoms with Gasteiger partial charge >= 0.3 is 5.69 Å². The Bertz CT molecular complexity index is 1600. The maximum atomic E-state index is 14.5. The highest BCUT2D eigenvalue weighted by molar-refractivity contribution is 7.89. The average Bonchev–Trinajstić information content (AvgIpc) is 3.24. The highest BCUT2D eigenvalue weighted by atomic mass is 32.2. The molecule has 0 aliphatic carbocycles. The lowest BCUT2D eigenvalue weighted by Gasteiger charge is -2.20. The lowest BCUT2D eigenvalue weighted by atomic mass is 10.1. The monoisotopic (exact) mass is 530 g/mol. The number of ether oxygens (including phenoxy) is 1. The summed E-state index contributed by atoms with van der Waals surface area (Å²) in [5.74, 6) is -1.97. The first-order valence-electron chi connectivity index (χ1n) is 10.9. The molecule has 13 heteroatoms. The highest BCUT2D eigenvalue weighted by Gasteiger charge is 2.29. The van der Waals surface area contributed by atoms with Crippen LogP contribution in [0.5, 0.6) is 17.2 Å². The molecule has 0 aliphatic rings. The van der Waals surface area contributed by atoms with E-state index in [4.69, 9.17) is 9.84 Å². The minimum Gasteiger partial charge on any atom is -0.507 e. The van der Waals surface area contributed by atoms with Gasteiger partial charge in [0.25, 0.3) is 0 Å². The van der Waals surface area contributed by atoms with Crippen molar-refractivity contribution in [3.8, 4) is 34.3 Å². The Labute approximate surface area is 210 Å². The van der Waals surface area contributed by atoms with Gasteiger partial charge in [-0.2, -0.15) is 9.40 Å². The standard InChI is InChI=1S/C24H23FN4O7S/c1-28(14-15-6-2-5-9-21(15)36-11-10-30)37(34,35)22-12-16(19(31)13-20(22)32)23-26-27-24(33)29(23)18-8-4-3-7-17(18)25/h2-9,12-13,30-32H,10-11,14H2,1H3,(H,27,33). The Balaban J connectivity index is 1.77. The summed E-state index contributed by atoms with van der Waals surface area (Å²) < 4.78 is 48.6. The summed E-state index contributed by atoms with van der Waals surface area (Å²) in [6, 6.07) is 13.8. The molecular weight excluding hydrogens is 507 g/mol. The Morgan fingerprint density at radius 3 is 2.51 bits per heavy atom. The number of H-pyrrole nitrogens is 1. The maximum absolute atomic E-state index is 14.5. The smallest absolute Gasteiger partial charge is 0.348 e. The maximum Gasteiger partial charge on any atom is 0.348 e. The van der Waals surface area contributed by atoms with Gasteiger partial charge in [0.1, 0.15) is 34.6 Å². The number of rotatable bonds is 9. The molecule has 37 heavy (non-hydrogen) atoms. The van der Waals surface area contributed by atoms with Gasteiger partial charge in [-0.15, -0.1) is 0 Å². The number of aliphatic hydroxyl groups excluding tert-OH is 1. The fourth-order valence-electron chi connectivity index (χ4n) is 3.70. The predicted octanol–water partition coefficient (Wildman–Crippen LogP) is 1.97. The number of hydrogen-bond acceptors (Lipinski definition) is 8. The molecule has 0 aliphatic heterocycles. The molecule has 0 saturated heterocycles. The van der Waals surface area contributed by atoms with E-state index >= 15 is 0 Å². The van der Waals surface area contributed by atoms with Crippen LogP contribution >= 0.6 is 0 Å². The Kier molecular flexibility index (Phi) is 7.29. The fourth-order valence-corrected chi connectivity index (χ4v) is 4.94. The molecule has 4 aromatic rings. The van der Waals surface area contributed by atoms with Crippen molar-refractivity contribution in [1.29, 1.82) is 0 Å². The van der Waals surface area contributed by atoms with E-state index < -0.39 is 37.9 Å². The van der Waals surface area contributed by atoms with Crippen LogP contribution in [0, 0.1) is 5.82 Å². The number of aromatic nitrogens is 3. The van der Waals surface area contributed by atoms with Gasteiger partial charge in [-0.05, 0) is 24.3 Å². The third-order valence-electron chi connectivity index (χ3n) is 5.49. The SMILES string of the molecule is CN(Cc1ccccc1OCCO)S(=O)(=O)c1cc(-c2n[nH]c(=O)n2-c2ccccc2F)c(O)cc1O. The molecule has 0 spiro atoms. The number of benzene rings is 3. The van der Waals surface area contributed by atoms with Crippen molar-refractivity contribution < 1.29 is 32.9 Å². The van der Waals surface area contributed by atoms with Gasteiger partial charge in [-0.1, -0.05) is 30.3 Å².